The molecule has 1 aliphatic rings. The summed E-state index contributed by atoms with van der Waals surface area (Å²) < 4.78 is 11.6. The molecular weight excluding hydrogens is 424 g/mol. The van der Waals surface area contributed by atoms with Crippen LogP contribution >= 0.6 is 0 Å². The zero-order valence-electron chi connectivity index (χ0n) is 18.2. The van der Waals surface area contributed by atoms with Crippen molar-refractivity contribution in [3.8, 4) is 17.1 Å². The first-order valence-electron chi connectivity index (χ1n) is 10.7. The molecule has 33 heavy (non-hydrogen) atoms. The number of esters is 2. The molecule has 2 aromatic carbocycles. The molecule has 9 nitrogen and oxygen atoms in total. The van der Waals surface area contributed by atoms with Gasteiger partial charge in [-0.15, -0.1) is 5.10 Å². The summed E-state index contributed by atoms with van der Waals surface area (Å²) in [6.07, 6.45) is 1.05. The zero-order chi connectivity index (χ0) is 23.2. The highest BCUT2D eigenvalue weighted by Crippen LogP contribution is 2.22. The summed E-state index contributed by atoms with van der Waals surface area (Å²) in [7, 11) is 1.36. The van der Waals surface area contributed by atoms with Gasteiger partial charge in [0.15, 0.2) is 12.4 Å². The fourth-order valence-corrected chi connectivity index (χ4v) is 3.74. The van der Waals surface area contributed by atoms with Crippen LogP contribution in [0.4, 0.5) is 0 Å². The Morgan fingerprint density at radius 1 is 0.970 bits per heavy atom. The van der Waals surface area contributed by atoms with Gasteiger partial charge in [-0.25, -0.2) is 14.5 Å². The Morgan fingerprint density at radius 2 is 1.61 bits per heavy atom. The lowest BCUT2D eigenvalue weighted by Crippen LogP contribution is -2.42. The van der Waals surface area contributed by atoms with Crippen molar-refractivity contribution in [2.24, 2.45) is 5.92 Å². The molecule has 3 aromatic rings. The first kappa shape index (κ1) is 22.2. The minimum Gasteiger partial charge on any atom is -0.469 e. The Labute approximate surface area is 190 Å². The Bertz CT molecular complexity index is 1070. The van der Waals surface area contributed by atoms with Crippen LogP contribution in [0.15, 0.2) is 60.7 Å². The molecule has 1 saturated heterocycles. The maximum Gasteiger partial charge on any atom is 0.378 e. The summed E-state index contributed by atoms with van der Waals surface area (Å²) in [5.74, 6) is -1.20. The molecule has 1 aliphatic heterocycles. The molecule has 9 heteroatoms. The van der Waals surface area contributed by atoms with Gasteiger partial charge in [0, 0.05) is 18.7 Å². The molecule has 0 atom stereocenters. The molecule has 1 amide bonds. The quantitative estimate of drug-likeness (QED) is 0.534. The molecule has 0 N–H and O–H groups in total. The van der Waals surface area contributed by atoms with Gasteiger partial charge in [0.05, 0.1) is 18.7 Å². The van der Waals surface area contributed by atoms with Crippen LogP contribution in [0.5, 0.6) is 0 Å². The second-order valence-electron chi connectivity index (χ2n) is 7.63. The number of rotatable bonds is 6. The Kier molecular flexibility index (Phi) is 6.77. The fraction of sp³-hybridized carbons (Fsp3) is 0.292. The van der Waals surface area contributed by atoms with Gasteiger partial charge in [-0.1, -0.05) is 48.5 Å². The Hall–Kier alpha value is -4.01. The third-order valence-corrected chi connectivity index (χ3v) is 5.53. The van der Waals surface area contributed by atoms with Crippen LogP contribution in [0.1, 0.15) is 23.5 Å². The van der Waals surface area contributed by atoms with E-state index >= 15 is 0 Å². The van der Waals surface area contributed by atoms with Gasteiger partial charge in [-0.3, -0.25) is 9.59 Å². The fourth-order valence-electron chi connectivity index (χ4n) is 3.74. The van der Waals surface area contributed by atoms with Crippen molar-refractivity contribution in [3.63, 3.8) is 0 Å². The number of carbonyl (C=O) groups excluding carboxylic acids is 3. The van der Waals surface area contributed by atoms with Gasteiger partial charge >= 0.3 is 11.9 Å². The number of aromatic nitrogens is 3. The molecule has 1 aromatic heterocycles. The topological polar surface area (TPSA) is 104 Å². The highest BCUT2D eigenvalue weighted by atomic mass is 16.5. The first-order chi connectivity index (χ1) is 16.1. The summed E-state index contributed by atoms with van der Waals surface area (Å²) >= 11 is 0. The molecular formula is C24H24N4O5. The summed E-state index contributed by atoms with van der Waals surface area (Å²) in [6.45, 7) is 0.409. The first-order valence-corrected chi connectivity index (χ1v) is 10.7. The molecule has 2 heterocycles. The lowest BCUT2D eigenvalue weighted by molar-refractivity contribution is -0.149. The predicted molar refractivity (Wildman–Crippen MR) is 118 cm³/mol. The third kappa shape index (κ3) is 5.08. The van der Waals surface area contributed by atoms with E-state index < -0.39 is 12.6 Å². The number of hydrogen-bond donors (Lipinski definition) is 0. The van der Waals surface area contributed by atoms with E-state index in [4.69, 9.17) is 9.47 Å². The Morgan fingerprint density at radius 3 is 2.24 bits per heavy atom. The van der Waals surface area contributed by atoms with Crippen molar-refractivity contribution in [2.75, 3.05) is 26.8 Å². The molecule has 1 fully saturated rings. The second-order valence-corrected chi connectivity index (χ2v) is 7.63. The van der Waals surface area contributed by atoms with E-state index in [1.165, 1.54) is 7.11 Å². The lowest BCUT2D eigenvalue weighted by atomic mass is 9.97. The molecule has 0 radical (unpaired) electrons. The van der Waals surface area contributed by atoms with Crippen LogP contribution in [0.2, 0.25) is 0 Å². The number of carbonyl (C=O) groups is 3. The second kappa shape index (κ2) is 10.1. The van der Waals surface area contributed by atoms with Crippen LogP contribution in [0.3, 0.4) is 0 Å². The average Bonchev–Trinajstić information content (AvgIpc) is 3.33. The maximum absolute atomic E-state index is 12.6. The van der Waals surface area contributed by atoms with Crippen molar-refractivity contribution >= 4 is 17.8 Å². The molecule has 0 saturated carbocycles. The van der Waals surface area contributed by atoms with Gasteiger partial charge in [-0.05, 0) is 25.0 Å². The molecule has 170 valence electrons. The monoisotopic (exact) mass is 448 g/mol. The number of amides is 1. The molecule has 0 aliphatic carbocycles. The summed E-state index contributed by atoms with van der Waals surface area (Å²) in [5, 5.41) is 4.34. The van der Waals surface area contributed by atoms with Crippen molar-refractivity contribution in [1.82, 2.24) is 19.7 Å². The van der Waals surface area contributed by atoms with Crippen molar-refractivity contribution in [2.45, 2.75) is 12.8 Å². The van der Waals surface area contributed by atoms with Crippen molar-refractivity contribution in [3.05, 3.63) is 66.5 Å². The highest BCUT2D eigenvalue weighted by molar-refractivity contribution is 5.88. The predicted octanol–water partition coefficient (Wildman–Crippen LogP) is 2.50. The zero-order valence-corrected chi connectivity index (χ0v) is 18.2. The van der Waals surface area contributed by atoms with E-state index in [1.807, 2.05) is 60.7 Å². The average molecular weight is 448 g/mol. The van der Waals surface area contributed by atoms with Crippen LogP contribution in [0, 0.1) is 5.92 Å². The van der Waals surface area contributed by atoms with Gasteiger partial charge < -0.3 is 14.4 Å². The van der Waals surface area contributed by atoms with E-state index in [1.54, 1.807) is 9.58 Å². The molecule has 0 unspecified atom stereocenters. The number of para-hydroxylation sites is 1. The minimum absolute atomic E-state index is 0.130. The molecule has 0 bridgehead atoms. The van der Waals surface area contributed by atoms with Crippen LogP contribution in [0.25, 0.3) is 17.1 Å². The standard InChI is InChI=1S/C24H24N4O5/c1-32-23(30)18-12-14-27(15-13-18)20(29)16-33-24(31)21-25-22(17-8-4-2-5-9-17)28(26-21)19-10-6-3-7-11-19/h2-11,18H,12-16H2,1H3. The van der Waals surface area contributed by atoms with E-state index in [9.17, 15) is 14.4 Å². The third-order valence-electron chi connectivity index (χ3n) is 5.53. The van der Waals surface area contributed by atoms with Gasteiger partial charge in [0.25, 0.3) is 11.7 Å². The van der Waals surface area contributed by atoms with Crippen LogP contribution < -0.4 is 0 Å². The van der Waals surface area contributed by atoms with Crippen LogP contribution in [-0.2, 0) is 19.1 Å². The lowest BCUT2D eigenvalue weighted by Gasteiger charge is -2.30. The summed E-state index contributed by atoms with van der Waals surface area (Å²) in [6, 6.07) is 18.7. The van der Waals surface area contributed by atoms with E-state index in [0.29, 0.717) is 31.8 Å². The molecule has 4 rings (SSSR count). The van der Waals surface area contributed by atoms with Gasteiger partial charge in [0.1, 0.15) is 0 Å². The number of benzene rings is 2. The Balaban J connectivity index is 1.44. The minimum atomic E-state index is -0.778. The highest BCUT2D eigenvalue weighted by Gasteiger charge is 2.29. The number of nitrogens with zero attached hydrogens (tertiary/aromatic N) is 4. The normalized spacial score (nSPS) is 14.0. The summed E-state index contributed by atoms with van der Waals surface area (Å²) in [5.41, 5.74) is 1.53. The largest absolute Gasteiger partial charge is 0.469 e. The van der Waals surface area contributed by atoms with E-state index in [2.05, 4.69) is 10.1 Å². The van der Waals surface area contributed by atoms with Crippen molar-refractivity contribution in [1.29, 1.82) is 0 Å². The van der Waals surface area contributed by atoms with E-state index in [-0.39, 0.29) is 23.6 Å². The number of likely N-dealkylation sites (tertiary alicyclic amines) is 1. The maximum atomic E-state index is 12.6. The number of hydrogen-bond acceptors (Lipinski definition) is 7. The number of piperidine rings is 1. The van der Waals surface area contributed by atoms with Gasteiger partial charge in [0.2, 0.25) is 0 Å². The van der Waals surface area contributed by atoms with Gasteiger partial charge in [-0.2, -0.15) is 0 Å². The molecule has 0 spiro atoms. The number of methoxy groups -OCH3 is 1. The van der Waals surface area contributed by atoms with Crippen molar-refractivity contribution < 1.29 is 23.9 Å². The van der Waals surface area contributed by atoms with Crippen LogP contribution in [-0.4, -0.2) is 64.3 Å². The summed E-state index contributed by atoms with van der Waals surface area (Å²) in [4.78, 5) is 42.7. The smallest absolute Gasteiger partial charge is 0.378 e. The SMILES string of the molecule is COC(=O)C1CCN(C(=O)COC(=O)c2nc(-c3ccccc3)n(-c3ccccc3)n2)CC1. The van der Waals surface area contributed by atoms with E-state index in [0.717, 1.165) is 11.3 Å². The number of ether oxygens (including phenoxy) is 2.